The number of halogens is 1. The summed E-state index contributed by atoms with van der Waals surface area (Å²) >= 11 is 6.30. The van der Waals surface area contributed by atoms with E-state index in [1.165, 1.54) is 18.1 Å². The molecule has 1 N–H and O–H groups in total. The lowest BCUT2D eigenvalue weighted by atomic mass is 10.0. The van der Waals surface area contributed by atoms with Gasteiger partial charge in [0.1, 0.15) is 23.8 Å². The molecule has 0 saturated carbocycles. The Morgan fingerprint density at radius 1 is 1.13 bits per heavy atom. The molecule has 0 saturated heterocycles. The molecule has 0 spiro atoms. The van der Waals surface area contributed by atoms with Gasteiger partial charge in [0.2, 0.25) is 5.89 Å². The Hall–Kier alpha value is -4.77. The number of aromatic nitrogens is 6. The summed E-state index contributed by atoms with van der Waals surface area (Å²) in [7, 11) is 1.48. The van der Waals surface area contributed by atoms with Crippen molar-refractivity contribution in [2.75, 3.05) is 11.9 Å². The molecule has 0 unspecified atom stereocenters. The number of rotatable bonds is 5. The second-order valence-corrected chi connectivity index (χ2v) is 9.70. The maximum absolute atomic E-state index is 13.5. The zero-order chi connectivity index (χ0) is 27.3. The van der Waals surface area contributed by atoms with Crippen molar-refractivity contribution in [2.24, 2.45) is 0 Å². The smallest absolute Gasteiger partial charge is 0.411 e. The number of fused-ring (bicyclic) bond motifs is 1. The molecule has 11 nitrogen and oxygen atoms in total. The van der Waals surface area contributed by atoms with Crippen LogP contribution in [-0.4, -0.2) is 48.0 Å². The van der Waals surface area contributed by atoms with Gasteiger partial charge in [0.05, 0.1) is 5.69 Å². The highest BCUT2D eigenvalue weighted by atomic mass is 35.5. The fourth-order valence-electron chi connectivity index (χ4n) is 4.98. The van der Waals surface area contributed by atoms with Crippen molar-refractivity contribution in [3.63, 3.8) is 0 Å². The number of hydrogen-bond donors (Lipinski definition) is 1. The predicted molar refractivity (Wildman–Crippen MR) is 143 cm³/mol. The number of oxazole rings is 1. The van der Waals surface area contributed by atoms with Gasteiger partial charge in [0.25, 0.3) is 5.56 Å². The van der Waals surface area contributed by atoms with E-state index in [0.29, 0.717) is 46.6 Å². The van der Waals surface area contributed by atoms with E-state index >= 15 is 0 Å². The third-order valence-electron chi connectivity index (χ3n) is 6.91. The summed E-state index contributed by atoms with van der Waals surface area (Å²) in [6, 6.07) is 15.6. The molecule has 0 aliphatic carbocycles. The molecule has 6 rings (SSSR count). The third-order valence-corrected chi connectivity index (χ3v) is 7.15. The van der Waals surface area contributed by atoms with E-state index in [1.54, 1.807) is 47.0 Å². The summed E-state index contributed by atoms with van der Waals surface area (Å²) in [6.07, 6.45) is 1.78. The molecule has 0 radical (unpaired) electrons. The second kappa shape index (κ2) is 9.52. The minimum atomic E-state index is -1.04. The molecule has 2 aromatic carbocycles. The largest absolute Gasteiger partial charge is 0.465 e. The Bertz CT molecular complexity index is 1760. The topological polar surface area (TPSA) is 132 Å². The molecule has 0 bridgehead atoms. The predicted octanol–water partition coefficient (Wildman–Crippen LogP) is 4.76. The average molecular weight is 544 g/mol. The molecule has 1 aliphatic heterocycles. The van der Waals surface area contributed by atoms with Crippen LogP contribution in [0.2, 0.25) is 5.02 Å². The molecule has 1 aliphatic rings. The monoisotopic (exact) mass is 543 g/mol. The Labute approximate surface area is 226 Å². The maximum Gasteiger partial charge on any atom is 0.411 e. The van der Waals surface area contributed by atoms with Crippen molar-refractivity contribution in [1.82, 2.24) is 29.8 Å². The van der Waals surface area contributed by atoms with Gasteiger partial charge in [-0.1, -0.05) is 23.7 Å². The number of hydrogen-bond acceptors (Lipinski definition) is 7. The number of anilines is 1. The van der Waals surface area contributed by atoms with Gasteiger partial charge in [-0.25, -0.2) is 9.78 Å². The van der Waals surface area contributed by atoms with Gasteiger partial charge in [-0.15, -0.1) is 5.10 Å². The van der Waals surface area contributed by atoms with Crippen LogP contribution in [0.3, 0.4) is 0 Å². The van der Waals surface area contributed by atoms with Crippen LogP contribution < -0.4 is 10.5 Å². The zero-order valence-corrected chi connectivity index (χ0v) is 21.7. The molecule has 4 heterocycles. The SMILES string of the molecule is Cc1oc([C@@H]2CCc3cc(-c4cc(Cl)ccc4-n4cnnn4)cc(=O)n32)nc1-c1ccc(N(C)C(=O)O)cc1. The summed E-state index contributed by atoms with van der Waals surface area (Å²) in [5.41, 5.74) is 4.84. The number of carbonyl (C=O) groups is 1. The normalized spacial score (nSPS) is 14.4. The summed E-state index contributed by atoms with van der Waals surface area (Å²) in [5.74, 6) is 1.08. The van der Waals surface area contributed by atoms with Crippen molar-refractivity contribution in [2.45, 2.75) is 25.8 Å². The summed E-state index contributed by atoms with van der Waals surface area (Å²) in [5, 5.41) is 21.1. The van der Waals surface area contributed by atoms with Gasteiger partial charge in [-0.3, -0.25) is 9.69 Å². The summed E-state index contributed by atoms with van der Waals surface area (Å²) in [4.78, 5) is 30.6. The standard InChI is InChI=1S/C27H22ClN7O4/c1-15-25(16-3-6-19(7-4-16)33(2)27(37)38)30-26(39-15)23-10-8-20-11-17(12-24(36)35(20)23)21-13-18(28)5-9-22(21)34-14-29-31-32-34/h3-7,9,11-14,23H,8,10H2,1-2H3,(H,37,38)/t23-/m0/s1. The van der Waals surface area contributed by atoms with Crippen LogP contribution >= 0.6 is 11.6 Å². The highest BCUT2D eigenvalue weighted by Gasteiger charge is 2.30. The van der Waals surface area contributed by atoms with Crippen molar-refractivity contribution in [1.29, 1.82) is 0 Å². The lowest BCUT2D eigenvalue weighted by molar-refractivity contribution is 0.203. The first-order valence-corrected chi connectivity index (χ1v) is 12.5. The van der Waals surface area contributed by atoms with Crippen molar-refractivity contribution in [3.8, 4) is 28.1 Å². The van der Waals surface area contributed by atoms with Gasteiger partial charge in [0, 0.05) is 40.6 Å². The molecule has 0 fully saturated rings. The van der Waals surface area contributed by atoms with Crippen LogP contribution in [-0.2, 0) is 6.42 Å². The molecule has 1 atom stereocenters. The fourth-order valence-corrected chi connectivity index (χ4v) is 5.15. The van der Waals surface area contributed by atoms with E-state index in [2.05, 4.69) is 15.5 Å². The first-order valence-electron chi connectivity index (χ1n) is 12.1. The molecule has 3 aromatic heterocycles. The van der Waals surface area contributed by atoms with E-state index in [0.717, 1.165) is 27.3 Å². The fraction of sp³-hybridized carbons (Fsp3) is 0.185. The van der Waals surface area contributed by atoms with Crippen molar-refractivity contribution in [3.05, 3.63) is 93.6 Å². The molecule has 196 valence electrons. The number of carboxylic acid groups (broad SMARTS) is 1. The lowest BCUT2D eigenvalue weighted by Gasteiger charge is -2.14. The van der Waals surface area contributed by atoms with Crippen LogP contribution in [0.25, 0.3) is 28.1 Å². The van der Waals surface area contributed by atoms with Crippen LogP contribution in [0.4, 0.5) is 10.5 Å². The minimum absolute atomic E-state index is 0.175. The maximum atomic E-state index is 13.5. The van der Waals surface area contributed by atoms with Gasteiger partial charge in [-0.05, 0) is 72.2 Å². The Balaban J connectivity index is 1.35. The van der Waals surface area contributed by atoms with E-state index in [-0.39, 0.29) is 11.6 Å². The quantitative estimate of drug-likeness (QED) is 0.335. The third kappa shape index (κ3) is 4.36. The molecular formula is C27H22ClN7O4. The summed E-state index contributed by atoms with van der Waals surface area (Å²) < 4.78 is 9.32. The first-order chi connectivity index (χ1) is 18.8. The highest BCUT2D eigenvalue weighted by Crippen LogP contribution is 2.36. The van der Waals surface area contributed by atoms with E-state index in [9.17, 15) is 14.7 Å². The van der Waals surface area contributed by atoms with E-state index < -0.39 is 6.09 Å². The molecule has 1 amide bonds. The van der Waals surface area contributed by atoms with Crippen molar-refractivity contribution < 1.29 is 14.3 Å². The average Bonchev–Trinajstić information content (AvgIpc) is 3.68. The number of benzene rings is 2. The summed E-state index contributed by atoms with van der Waals surface area (Å²) in [6.45, 7) is 1.82. The van der Waals surface area contributed by atoms with Crippen LogP contribution in [0.15, 0.2) is 70.1 Å². The van der Waals surface area contributed by atoms with Gasteiger partial charge >= 0.3 is 6.09 Å². The van der Waals surface area contributed by atoms with E-state index in [4.69, 9.17) is 21.0 Å². The molecule has 5 aromatic rings. The van der Waals surface area contributed by atoms with Crippen LogP contribution in [0.5, 0.6) is 0 Å². The van der Waals surface area contributed by atoms with Crippen molar-refractivity contribution >= 4 is 23.4 Å². The van der Waals surface area contributed by atoms with Crippen LogP contribution in [0, 0.1) is 6.92 Å². The minimum Gasteiger partial charge on any atom is -0.465 e. The first kappa shape index (κ1) is 24.6. The highest BCUT2D eigenvalue weighted by molar-refractivity contribution is 6.31. The number of nitrogens with zero attached hydrogens (tertiary/aromatic N) is 7. The zero-order valence-electron chi connectivity index (χ0n) is 20.9. The number of aryl methyl sites for hydroxylation is 2. The second-order valence-electron chi connectivity index (χ2n) is 9.26. The Kier molecular flexibility index (Phi) is 5.99. The van der Waals surface area contributed by atoms with Gasteiger partial charge < -0.3 is 14.1 Å². The number of tetrazole rings is 1. The number of amides is 1. The lowest BCUT2D eigenvalue weighted by Crippen LogP contribution is -2.23. The Morgan fingerprint density at radius 3 is 2.64 bits per heavy atom. The molecule has 12 heteroatoms. The molecular weight excluding hydrogens is 522 g/mol. The van der Waals surface area contributed by atoms with E-state index in [1.807, 2.05) is 19.1 Å². The van der Waals surface area contributed by atoms with Gasteiger partial charge in [0.15, 0.2) is 0 Å². The van der Waals surface area contributed by atoms with Crippen LogP contribution in [0.1, 0.15) is 29.8 Å². The van der Waals surface area contributed by atoms with Gasteiger partial charge in [-0.2, -0.15) is 4.68 Å². The Morgan fingerprint density at radius 2 is 1.92 bits per heavy atom. The molecule has 39 heavy (non-hydrogen) atoms. The number of pyridine rings is 1.